The van der Waals surface area contributed by atoms with Crippen molar-refractivity contribution in [2.75, 3.05) is 7.11 Å². The van der Waals surface area contributed by atoms with E-state index in [1.807, 2.05) is 0 Å². The lowest BCUT2D eigenvalue weighted by atomic mass is 10.1. The van der Waals surface area contributed by atoms with Crippen molar-refractivity contribution in [1.29, 1.82) is 0 Å². The normalized spacial score (nSPS) is 11.2. The Labute approximate surface area is 161 Å². The zero-order chi connectivity index (χ0) is 19.1. The molecule has 26 heavy (non-hydrogen) atoms. The van der Waals surface area contributed by atoms with E-state index in [0.29, 0.717) is 26.9 Å². The van der Waals surface area contributed by atoms with Crippen molar-refractivity contribution in [2.45, 2.75) is 6.42 Å². The smallest absolute Gasteiger partial charge is 0.163 e. The molecule has 0 bridgehead atoms. The first-order valence-corrected chi connectivity index (χ1v) is 8.38. The Morgan fingerprint density at radius 3 is 2.35 bits per heavy atom. The highest BCUT2D eigenvalue weighted by molar-refractivity contribution is 6.35. The van der Waals surface area contributed by atoms with E-state index >= 15 is 0 Å². The predicted octanol–water partition coefficient (Wildman–Crippen LogP) is 4.96. The number of ketones is 2. The maximum atomic E-state index is 11.9. The maximum Gasteiger partial charge on any atom is 0.163 e. The summed E-state index contributed by atoms with van der Waals surface area (Å²) in [6, 6.07) is 9.66. The first kappa shape index (κ1) is 19.8. The number of carbonyl (C=O) groups excluding carboxylic acids is 2. The molecule has 0 atom stereocenters. The Morgan fingerprint density at radius 1 is 1.04 bits per heavy atom. The molecule has 0 amide bonds. The zero-order valence-electron chi connectivity index (χ0n) is 13.9. The molecule has 134 valence electrons. The summed E-state index contributed by atoms with van der Waals surface area (Å²) in [7, 11) is 1.45. The van der Waals surface area contributed by atoms with Crippen molar-refractivity contribution in [3.8, 4) is 11.5 Å². The van der Waals surface area contributed by atoms with Crippen molar-refractivity contribution < 1.29 is 19.4 Å². The van der Waals surface area contributed by atoms with Crippen LogP contribution in [0.3, 0.4) is 0 Å². The van der Waals surface area contributed by atoms with Crippen LogP contribution < -0.4 is 4.74 Å². The molecule has 4 nitrogen and oxygen atoms in total. The van der Waals surface area contributed by atoms with Crippen LogP contribution in [0.1, 0.15) is 17.5 Å². The number of allylic oxidation sites excluding steroid dienone is 2. The molecule has 0 spiro atoms. The summed E-state index contributed by atoms with van der Waals surface area (Å²) >= 11 is 11.8. The van der Waals surface area contributed by atoms with E-state index in [1.165, 1.54) is 31.4 Å². The lowest BCUT2D eigenvalue weighted by Gasteiger charge is -2.03. The Bertz CT molecular complexity index is 885. The third kappa shape index (κ3) is 5.76. The van der Waals surface area contributed by atoms with Gasteiger partial charge in [-0.05, 0) is 53.6 Å². The van der Waals surface area contributed by atoms with Crippen LogP contribution in [-0.4, -0.2) is 23.8 Å². The minimum atomic E-state index is -0.350. The second-order valence-electron chi connectivity index (χ2n) is 5.37. The van der Waals surface area contributed by atoms with Gasteiger partial charge in [0.1, 0.15) is 0 Å². The standard InChI is InChI=1S/C20H16Cl2O4/c1-26-20-9-3-13(10-19(20)25)2-7-16(23)12-17(24)8-5-14-4-6-15(21)11-18(14)22/h2-11,25H,12H2,1H3. The number of methoxy groups -OCH3 is 1. The number of benzene rings is 2. The van der Waals surface area contributed by atoms with E-state index in [2.05, 4.69) is 0 Å². The van der Waals surface area contributed by atoms with Gasteiger partial charge in [0.15, 0.2) is 23.1 Å². The van der Waals surface area contributed by atoms with Crippen molar-refractivity contribution in [3.05, 3.63) is 69.7 Å². The van der Waals surface area contributed by atoms with E-state index in [9.17, 15) is 14.7 Å². The minimum absolute atomic E-state index is 0.0269. The monoisotopic (exact) mass is 390 g/mol. The highest BCUT2D eigenvalue weighted by Crippen LogP contribution is 2.26. The molecule has 0 aliphatic heterocycles. The second-order valence-corrected chi connectivity index (χ2v) is 6.22. The Balaban J connectivity index is 1.95. The van der Waals surface area contributed by atoms with Crippen LogP contribution in [0, 0.1) is 0 Å². The van der Waals surface area contributed by atoms with Crippen LogP contribution in [0.5, 0.6) is 11.5 Å². The number of rotatable bonds is 7. The third-order valence-electron chi connectivity index (χ3n) is 3.42. The average Bonchev–Trinajstić information content (AvgIpc) is 2.59. The van der Waals surface area contributed by atoms with Gasteiger partial charge >= 0.3 is 0 Å². The van der Waals surface area contributed by atoms with Gasteiger partial charge in [-0.2, -0.15) is 0 Å². The van der Waals surface area contributed by atoms with Crippen LogP contribution in [0.25, 0.3) is 12.2 Å². The maximum absolute atomic E-state index is 11.9. The minimum Gasteiger partial charge on any atom is -0.504 e. The number of hydrogen-bond donors (Lipinski definition) is 1. The number of ether oxygens (including phenoxy) is 1. The first-order chi connectivity index (χ1) is 12.4. The summed E-state index contributed by atoms with van der Waals surface area (Å²) in [5, 5.41) is 10.6. The van der Waals surface area contributed by atoms with Gasteiger partial charge in [0.25, 0.3) is 0 Å². The molecule has 6 heteroatoms. The van der Waals surface area contributed by atoms with Gasteiger partial charge in [0.05, 0.1) is 13.5 Å². The second kappa shape index (κ2) is 9.22. The van der Waals surface area contributed by atoms with Gasteiger partial charge in [-0.3, -0.25) is 9.59 Å². The van der Waals surface area contributed by atoms with Crippen molar-refractivity contribution in [3.63, 3.8) is 0 Å². The largest absolute Gasteiger partial charge is 0.504 e. The summed E-state index contributed by atoms with van der Waals surface area (Å²) in [5.41, 5.74) is 1.26. The van der Waals surface area contributed by atoms with Crippen LogP contribution in [0.15, 0.2) is 48.6 Å². The van der Waals surface area contributed by atoms with E-state index in [4.69, 9.17) is 27.9 Å². The van der Waals surface area contributed by atoms with Crippen LogP contribution in [0.4, 0.5) is 0 Å². The molecule has 0 aliphatic rings. The number of phenols is 1. The third-order valence-corrected chi connectivity index (χ3v) is 3.99. The van der Waals surface area contributed by atoms with Gasteiger partial charge in [-0.1, -0.05) is 41.4 Å². The number of halogens is 2. The Hall–Kier alpha value is -2.56. The van der Waals surface area contributed by atoms with Gasteiger partial charge in [-0.15, -0.1) is 0 Å². The molecule has 0 aromatic heterocycles. The highest BCUT2D eigenvalue weighted by Gasteiger charge is 2.05. The fourth-order valence-electron chi connectivity index (χ4n) is 2.11. The molecule has 2 aromatic carbocycles. The predicted molar refractivity (Wildman–Crippen MR) is 104 cm³/mol. The number of aromatic hydroxyl groups is 1. The summed E-state index contributed by atoms with van der Waals surface area (Å²) in [6.07, 6.45) is 5.40. The molecule has 0 saturated heterocycles. The van der Waals surface area contributed by atoms with Crippen molar-refractivity contribution >= 4 is 46.9 Å². The summed E-state index contributed by atoms with van der Waals surface area (Å²) in [5.74, 6) is -0.379. The van der Waals surface area contributed by atoms with Gasteiger partial charge in [0.2, 0.25) is 0 Å². The summed E-state index contributed by atoms with van der Waals surface area (Å²) in [6.45, 7) is 0. The van der Waals surface area contributed by atoms with E-state index in [1.54, 1.807) is 36.4 Å². The molecule has 0 heterocycles. The topological polar surface area (TPSA) is 63.6 Å². The number of phenolic OH excluding ortho intramolecular Hbond substituents is 1. The molecular weight excluding hydrogens is 375 g/mol. The SMILES string of the molecule is COc1ccc(C=CC(=O)CC(=O)C=Cc2ccc(Cl)cc2Cl)cc1O. The molecule has 2 rings (SSSR count). The van der Waals surface area contributed by atoms with Gasteiger partial charge in [0, 0.05) is 10.0 Å². The van der Waals surface area contributed by atoms with Gasteiger partial charge in [-0.25, -0.2) is 0 Å². The lowest BCUT2D eigenvalue weighted by Crippen LogP contribution is -2.01. The fourth-order valence-corrected chi connectivity index (χ4v) is 2.58. The average molecular weight is 391 g/mol. The molecule has 0 aliphatic carbocycles. The quantitative estimate of drug-likeness (QED) is 0.535. The highest BCUT2D eigenvalue weighted by atomic mass is 35.5. The molecule has 0 unspecified atom stereocenters. The van der Waals surface area contributed by atoms with Gasteiger partial charge < -0.3 is 9.84 Å². The van der Waals surface area contributed by atoms with E-state index < -0.39 is 0 Å². The summed E-state index contributed by atoms with van der Waals surface area (Å²) in [4.78, 5) is 23.8. The molecular formula is C20H16Cl2O4. The molecule has 2 aromatic rings. The van der Waals surface area contributed by atoms with E-state index in [0.717, 1.165) is 0 Å². The van der Waals surface area contributed by atoms with Crippen LogP contribution in [-0.2, 0) is 9.59 Å². The van der Waals surface area contributed by atoms with Crippen molar-refractivity contribution in [1.82, 2.24) is 0 Å². The molecule has 0 saturated carbocycles. The lowest BCUT2D eigenvalue weighted by molar-refractivity contribution is -0.121. The molecule has 1 N–H and O–H groups in total. The van der Waals surface area contributed by atoms with Crippen LogP contribution in [0.2, 0.25) is 10.0 Å². The Kier molecular flexibility index (Phi) is 7.01. The molecule has 0 radical (unpaired) electrons. The van der Waals surface area contributed by atoms with Crippen LogP contribution >= 0.6 is 23.2 Å². The number of hydrogen-bond acceptors (Lipinski definition) is 4. The zero-order valence-corrected chi connectivity index (χ0v) is 15.4. The Morgan fingerprint density at radius 2 is 1.73 bits per heavy atom. The molecule has 0 fully saturated rings. The summed E-state index contributed by atoms with van der Waals surface area (Å²) < 4.78 is 4.95. The van der Waals surface area contributed by atoms with E-state index in [-0.39, 0.29) is 23.7 Å². The van der Waals surface area contributed by atoms with Crippen molar-refractivity contribution in [2.24, 2.45) is 0 Å². The number of carbonyl (C=O) groups is 2. The first-order valence-electron chi connectivity index (χ1n) is 7.63. The fraction of sp³-hybridized carbons (Fsp3) is 0.100.